The fourth-order valence-corrected chi connectivity index (χ4v) is 1.50. The van der Waals surface area contributed by atoms with Crippen LogP contribution in [0, 0.1) is 5.41 Å². The number of ether oxygens (including phenoxy) is 1. The molecule has 0 atom stereocenters. The van der Waals surface area contributed by atoms with Crippen molar-refractivity contribution < 1.29 is 14.3 Å². The minimum absolute atomic E-state index is 0. The van der Waals surface area contributed by atoms with Gasteiger partial charge < -0.3 is 26.4 Å². The molecule has 0 spiro atoms. The summed E-state index contributed by atoms with van der Waals surface area (Å²) in [6, 6.07) is 0. The van der Waals surface area contributed by atoms with E-state index in [1.165, 1.54) is 0 Å². The molecule has 148 valence electrons. The summed E-state index contributed by atoms with van der Waals surface area (Å²) in [5, 5.41) is 8.94. The Kier molecular flexibility index (Phi) is 12.6. The normalized spacial score (nSPS) is 12.0. The maximum Gasteiger partial charge on any atom is 0.407 e. The average molecular weight is 471 g/mol. The summed E-state index contributed by atoms with van der Waals surface area (Å²) in [5.74, 6) is 0.229. The molecule has 2 amide bonds. The number of aliphatic imine (C=N–C) groups is 1. The lowest BCUT2D eigenvalue weighted by atomic mass is 9.93. The quantitative estimate of drug-likeness (QED) is 0.186. The molecule has 0 bridgehead atoms. The fraction of sp³-hybridized carbons (Fsp3) is 0.812. The van der Waals surface area contributed by atoms with Crippen LogP contribution in [0.5, 0.6) is 0 Å². The van der Waals surface area contributed by atoms with E-state index in [0.29, 0.717) is 38.6 Å². The zero-order chi connectivity index (χ0) is 18.8. The second-order valence-corrected chi connectivity index (χ2v) is 7.15. The number of guanidine groups is 1. The lowest BCUT2D eigenvalue weighted by Crippen LogP contribution is -2.41. The third-order valence-corrected chi connectivity index (χ3v) is 2.96. The fourth-order valence-electron chi connectivity index (χ4n) is 1.50. The van der Waals surface area contributed by atoms with Crippen LogP contribution in [-0.4, -0.2) is 49.7 Å². The van der Waals surface area contributed by atoms with E-state index in [1.807, 2.05) is 27.7 Å². The standard InChI is InChI=1S/C16H33N5O3.HI/c1-7-18-13(21-11-16(5,6)12(17)22)19-9-8-10-20-14(23)24-15(2,3)4;/h7-11H2,1-6H3,(H2,17,22)(H,20,23)(H2,18,19,21);1H. The van der Waals surface area contributed by atoms with Crippen molar-refractivity contribution in [3.63, 3.8) is 0 Å². The van der Waals surface area contributed by atoms with Crippen molar-refractivity contribution in [2.75, 3.05) is 26.2 Å². The zero-order valence-corrected chi connectivity index (χ0v) is 18.5. The maximum atomic E-state index is 11.5. The van der Waals surface area contributed by atoms with Gasteiger partial charge in [0.1, 0.15) is 5.60 Å². The molecule has 0 saturated heterocycles. The molecule has 0 aliphatic carbocycles. The molecule has 0 rings (SSSR count). The van der Waals surface area contributed by atoms with Crippen molar-refractivity contribution in [2.24, 2.45) is 16.1 Å². The highest BCUT2D eigenvalue weighted by atomic mass is 127. The van der Waals surface area contributed by atoms with Gasteiger partial charge in [-0.2, -0.15) is 0 Å². The molecule has 0 fully saturated rings. The number of primary amides is 1. The number of nitrogens with one attached hydrogen (secondary N) is 3. The summed E-state index contributed by atoms with van der Waals surface area (Å²) in [4.78, 5) is 27.2. The first-order valence-electron chi connectivity index (χ1n) is 8.27. The number of amides is 2. The molecule has 0 unspecified atom stereocenters. The van der Waals surface area contributed by atoms with Gasteiger partial charge in [-0.3, -0.25) is 9.79 Å². The Bertz CT molecular complexity index is 448. The highest BCUT2D eigenvalue weighted by molar-refractivity contribution is 14.0. The second kappa shape index (κ2) is 12.2. The van der Waals surface area contributed by atoms with Crippen molar-refractivity contribution in [3.05, 3.63) is 0 Å². The van der Waals surface area contributed by atoms with Gasteiger partial charge in [0.15, 0.2) is 5.96 Å². The summed E-state index contributed by atoms with van der Waals surface area (Å²) in [7, 11) is 0. The summed E-state index contributed by atoms with van der Waals surface area (Å²) >= 11 is 0. The first-order valence-corrected chi connectivity index (χ1v) is 8.27. The van der Waals surface area contributed by atoms with Gasteiger partial charge in [-0.1, -0.05) is 0 Å². The Labute approximate surface area is 168 Å². The van der Waals surface area contributed by atoms with Crippen molar-refractivity contribution in [1.29, 1.82) is 0 Å². The van der Waals surface area contributed by atoms with E-state index in [0.717, 1.165) is 0 Å². The van der Waals surface area contributed by atoms with Crippen LogP contribution in [0.25, 0.3) is 0 Å². The monoisotopic (exact) mass is 471 g/mol. The van der Waals surface area contributed by atoms with Crippen molar-refractivity contribution in [3.8, 4) is 0 Å². The Hall–Kier alpha value is -1.26. The lowest BCUT2D eigenvalue weighted by molar-refractivity contribution is -0.125. The molecule has 0 radical (unpaired) electrons. The second-order valence-electron chi connectivity index (χ2n) is 7.15. The van der Waals surface area contributed by atoms with E-state index in [9.17, 15) is 9.59 Å². The predicted molar refractivity (Wildman–Crippen MR) is 111 cm³/mol. The molecule has 5 N–H and O–H groups in total. The number of hydrogen-bond donors (Lipinski definition) is 4. The van der Waals surface area contributed by atoms with E-state index in [-0.39, 0.29) is 29.9 Å². The molecule has 9 heteroatoms. The van der Waals surface area contributed by atoms with Crippen LogP contribution in [-0.2, 0) is 9.53 Å². The largest absolute Gasteiger partial charge is 0.444 e. The number of hydrogen-bond acceptors (Lipinski definition) is 4. The molecule has 0 aromatic rings. The Morgan fingerprint density at radius 1 is 1.04 bits per heavy atom. The van der Waals surface area contributed by atoms with Gasteiger partial charge in [-0.25, -0.2) is 4.79 Å². The first-order chi connectivity index (χ1) is 11.0. The topological polar surface area (TPSA) is 118 Å². The Morgan fingerprint density at radius 2 is 1.60 bits per heavy atom. The van der Waals surface area contributed by atoms with E-state index in [4.69, 9.17) is 10.5 Å². The number of alkyl carbamates (subject to hydrolysis) is 1. The van der Waals surface area contributed by atoms with Crippen molar-refractivity contribution in [2.45, 2.75) is 53.6 Å². The van der Waals surface area contributed by atoms with Gasteiger partial charge in [0.05, 0.1) is 12.0 Å². The predicted octanol–water partition coefficient (Wildman–Crippen LogP) is 1.59. The third kappa shape index (κ3) is 13.7. The van der Waals surface area contributed by atoms with Gasteiger partial charge in [0.2, 0.25) is 5.91 Å². The van der Waals surface area contributed by atoms with Gasteiger partial charge in [-0.15, -0.1) is 24.0 Å². The highest BCUT2D eigenvalue weighted by Gasteiger charge is 2.24. The highest BCUT2D eigenvalue weighted by Crippen LogP contribution is 2.13. The summed E-state index contributed by atoms with van der Waals surface area (Å²) in [6.45, 7) is 13.1. The van der Waals surface area contributed by atoms with E-state index in [1.54, 1.807) is 13.8 Å². The lowest BCUT2D eigenvalue weighted by Gasteiger charge is -2.20. The van der Waals surface area contributed by atoms with E-state index in [2.05, 4.69) is 20.9 Å². The molecule has 0 aromatic carbocycles. The van der Waals surface area contributed by atoms with Gasteiger partial charge >= 0.3 is 6.09 Å². The van der Waals surface area contributed by atoms with Gasteiger partial charge in [0, 0.05) is 19.6 Å². The summed E-state index contributed by atoms with van der Waals surface area (Å²) in [6.07, 6.45) is 0.286. The maximum absolute atomic E-state index is 11.5. The number of nitrogens with zero attached hydrogens (tertiary/aromatic N) is 1. The molecular formula is C16H34IN5O3. The number of halogens is 1. The van der Waals surface area contributed by atoms with E-state index < -0.39 is 17.1 Å². The Balaban J connectivity index is 0. The SMILES string of the molecule is CCNC(=NCC(C)(C)C(N)=O)NCCCNC(=O)OC(C)(C)C.I. The summed E-state index contributed by atoms with van der Waals surface area (Å²) < 4.78 is 5.15. The van der Waals surface area contributed by atoms with E-state index >= 15 is 0 Å². The van der Waals surface area contributed by atoms with Crippen LogP contribution in [0.2, 0.25) is 0 Å². The third-order valence-electron chi connectivity index (χ3n) is 2.96. The number of nitrogens with two attached hydrogens (primary N) is 1. The number of carbonyl (C=O) groups excluding carboxylic acids is 2. The minimum atomic E-state index is -0.694. The minimum Gasteiger partial charge on any atom is -0.444 e. The molecule has 25 heavy (non-hydrogen) atoms. The summed E-state index contributed by atoms with van der Waals surface area (Å²) in [5.41, 5.74) is 4.15. The smallest absolute Gasteiger partial charge is 0.407 e. The Morgan fingerprint density at radius 3 is 2.08 bits per heavy atom. The van der Waals surface area contributed by atoms with Crippen LogP contribution in [0.4, 0.5) is 4.79 Å². The molecule has 8 nitrogen and oxygen atoms in total. The van der Waals surface area contributed by atoms with Crippen molar-refractivity contribution in [1.82, 2.24) is 16.0 Å². The van der Waals surface area contributed by atoms with Crippen LogP contribution in [0.15, 0.2) is 4.99 Å². The van der Waals surface area contributed by atoms with Crippen LogP contribution in [0.1, 0.15) is 48.0 Å². The van der Waals surface area contributed by atoms with Gasteiger partial charge in [0.25, 0.3) is 0 Å². The van der Waals surface area contributed by atoms with Crippen LogP contribution in [0.3, 0.4) is 0 Å². The van der Waals surface area contributed by atoms with Crippen molar-refractivity contribution >= 4 is 41.9 Å². The number of rotatable bonds is 8. The average Bonchev–Trinajstić information content (AvgIpc) is 2.42. The number of carbonyl (C=O) groups is 2. The molecule has 0 aliphatic heterocycles. The first kappa shape index (κ1) is 26.0. The zero-order valence-electron chi connectivity index (χ0n) is 16.2. The molecule has 0 aromatic heterocycles. The van der Waals surface area contributed by atoms with Crippen LogP contribution >= 0.6 is 24.0 Å². The molecule has 0 heterocycles. The molecular weight excluding hydrogens is 437 g/mol. The molecule has 0 saturated carbocycles. The van der Waals surface area contributed by atoms with Crippen LogP contribution < -0.4 is 21.7 Å². The molecule has 0 aliphatic rings. The van der Waals surface area contributed by atoms with Gasteiger partial charge in [-0.05, 0) is 48.0 Å².